The van der Waals surface area contributed by atoms with E-state index in [1.807, 2.05) is 6.07 Å². The standard InChI is InChI=1S/C14H20FN/c1-11-6-7-12(15)10-13(11)14(2)8-4-3-5-9-16-14/h6-7,10,16H,3-5,8-9H2,1-2H3. The molecule has 1 atom stereocenters. The first-order chi connectivity index (χ1) is 7.62. The number of hydrogen-bond acceptors (Lipinski definition) is 1. The van der Waals surface area contributed by atoms with Crippen LogP contribution in [0.4, 0.5) is 4.39 Å². The van der Waals surface area contributed by atoms with Gasteiger partial charge in [0.25, 0.3) is 0 Å². The van der Waals surface area contributed by atoms with Gasteiger partial charge in [-0.25, -0.2) is 4.39 Å². The molecule has 0 saturated carbocycles. The summed E-state index contributed by atoms with van der Waals surface area (Å²) in [7, 11) is 0. The third-order valence-electron chi connectivity index (χ3n) is 3.66. The molecule has 0 radical (unpaired) electrons. The molecule has 1 N–H and O–H groups in total. The van der Waals surface area contributed by atoms with Gasteiger partial charge in [-0.05, 0) is 56.5 Å². The van der Waals surface area contributed by atoms with Crippen molar-refractivity contribution in [3.8, 4) is 0 Å². The van der Waals surface area contributed by atoms with Gasteiger partial charge >= 0.3 is 0 Å². The van der Waals surface area contributed by atoms with Gasteiger partial charge in [-0.1, -0.05) is 18.9 Å². The summed E-state index contributed by atoms with van der Waals surface area (Å²) in [6.07, 6.45) is 4.82. The van der Waals surface area contributed by atoms with Crippen LogP contribution in [-0.2, 0) is 5.54 Å². The van der Waals surface area contributed by atoms with Crippen LogP contribution in [0.15, 0.2) is 18.2 Å². The fraction of sp³-hybridized carbons (Fsp3) is 0.571. The highest BCUT2D eigenvalue weighted by atomic mass is 19.1. The number of hydrogen-bond donors (Lipinski definition) is 1. The lowest BCUT2D eigenvalue weighted by molar-refractivity contribution is 0.356. The molecule has 1 nitrogen and oxygen atoms in total. The van der Waals surface area contributed by atoms with Gasteiger partial charge < -0.3 is 5.32 Å². The molecule has 16 heavy (non-hydrogen) atoms. The predicted octanol–water partition coefficient (Wildman–Crippen LogP) is 3.51. The Hall–Kier alpha value is -0.890. The Morgan fingerprint density at radius 1 is 1.25 bits per heavy atom. The normalized spacial score (nSPS) is 26.4. The van der Waals surface area contributed by atoms with Crippen LogP contribution < -0.4 is 5.32 Å². The van der Waals surface area contributed by atoms with Crippen LogP contribution in [0, 0.1) is 12.7 Å². The second-order valence-corrected chi connectivity index (χ2v) is 5.03. The fourth-order valence-corrected chi connectivity index (χ4v) is 2.65. The van der Waals surface area contributed by atoms with E-state index in [4.69, 9.17) is 0 Å². The highest BCUT2D eigenvalue weighted by Crippen LogP contribution is 2.31. The number of aryl methyl sites for hydroxylation is 1. The first-order valence-corrected chi connectivity index (χ1v) is 6.13. The largest absolute Gasteiger partial charge is 0.308 e. The summed E-state index contributed by atoms with van der Waals surface area (Å²) in [5, 5.41) is 3.58. The van der Waals surface area contributed by atoms with Gasteiger partial charge in [0.1, 0.15) is 5.82 Å². The molecule has 1 fully saturated rings. The van der Waals surface area contributed by atoms with Crippen LogP contribution in [0.2, 0.25) is 0 Å². The molecule has 1 unspecified atom stereocenters. The molecular formula is C14H20FN. The van der Waals surface area contributed by atoms with E-state index < -0.39 is 0 Å². The zero-order valence-corrected chi connectivity index (χ0v) is 10.1. The fourth-order valence-electron chi connectivity index (χ4n) is 2.65. The smallest absolute Gasteiger partial charge is 0.123 e. The Balaban J connectivity index is 2.36. The summed E-state index contributed by atoms with van der Waals surface area (Å²) in [6.45, 7) is 5.29. The second kappa shape index (κ2) is 4.54. The van der Waals surface area contributed by atoms with E-state index in [1.165, 1.54) is 24.8 Å². The van der Waals surface area contributed by atoms with Gasteiger partial charge in [0, 0.05) is 5.54 Å². The molecule has 0 amide bonds. The highest BCUT2D eigenvalue weighted by Gasteiger charge is 2.28. The third kappa shape index (κ3) is 2.27. The molecule has 0 aliphatic carbocycles. The Morgan fingerprint density at radius 2 is 2.06 bits per heavy atom. The quantitative estimate of drug-likeness (QED) is 0.765. The van der Waals surface area contributed by atoms with E-state index in [9.17, 15) is 4.39 Å². The molecule has 1 saturated heterocycles. The number of rotatable bonds is 1. The molecule has 1 heterocycles. The van der Waals surface area contributed by atoms with Gasteiger partial charge in [0.05, 0.1) is 0 Å². The zero-order chi connectivity index (χ0) is 11.6. The van der Waals surface area contributed by atoms with E-state index in [1.54, 1.807) is 12.1 Å². The molecule has 0 spiro atoms. The second-order valence-electron chi connectivity index (χ2n) is 5.03. The van der Waals surface area contributed by atoms with Crippen LogP contribution in [-0.4, -0.2) is 6.54 Å². The number of benzene rings is 1. The van der Waals surface area contributed by atoms with Crippen LogP contribution in [0.25, 0.3) is 0 Å². The van der Waals surface area contributed by atoms with Crippen molar-refractivity contribution in [1.29, 1.82) is 0 Å². The first-order valence-electron chi connectivity index (χ1n) is 6.13. The Bertz CT molecular complexity index is 365. The summed E-state index contributed by atoms with van der Waals surface area (Å²) >= 11 is 0. The maximum atomic E-state index is 13.3. The summed E-state index contributed by atoms with van der Waals surface area (Å²) < 4.78 is 13.3. The van der Waals surface area contributed by atoms with Gasteiger partial charge in [0.2, 0.25) is 0 Å². The molecule has 0 aromatic heterocycles. The monoisotopic (exact) mass is 221 g/mol. The summed E-state index contributed by atoms with van der Waals surface area (Å²) in [5.41, 5.74) is 2.25. The van der Waals surface area contributed by atoms with Gasteiger partial charge in [-0.15, -0.1) is 0 Å². The zero-order valence-electron chi connectivity index (χ0n) is 10.1. The van der Waals surface area contributed by atoms with Gasteiger partial charge in [-0.2, -0.15) is 0 Å². The Kier molecular flexibility index (Phi) is 3.29. The minimum atomic E-state index is -0.132. The molecule has 0 bridgehead atoms. The Labute approximate surface area is 97.1 Å². The molecule has 1 aliphatic heterocycles. The molecular weight excluding hydrogens is 201 g/mol. The molecule has 1 aromatic rings. The molecule has 1 aromatic carbocycles. The van der Waals surface area contributed by atoms with Crippen molar-refractivity contribution in [2.24, 2.45) is 0 Å². The first kappa shape index (κ1) is 11.6. The highest BCUT2D eigenvalue weighted by molar-refractivity contribution is 5.33. The summed E-state index contributed by atoms with van der Waals surface area (Å²) in [4.78, 5) is 0. The molecule has 88 valence electrons. The number of halogens is 1. The van der Waals surface area contributed by atoms with Crippen molar-refractivity contribution >= 4 is 0 Å². The average Bonchev–Trinajstić information content (AvgIpc) is 2.48. The van der Waals surface area contributed by atoms with Crippen molar-refractivity contribution < 1.29 is 4.39 Å². The third-order valence-corrected chi connectivity index (χ3v) is 3.66. The maximum Gasteiger partial charge on any atom is 0.123 e. The number of nitrogens with one attached hydrogen (secondary N) is 1. The molecule has 1 aliphatic rings. The van der Waals surface area contributed by atoms with E-state index in [0.29, 0.717) is 0 Å². The Morgan fingerprint density at radius 3 is 2.88 bits per heavy atom. The lowest BCUT2D eigenvalue weighted by Crippen LogP contribution is -2.39. The lowest BCUT2D eigenvalue weighted by atomic mass is 9.85. The average molecular weight is 221 g/mol. The van der Waals surface area contributed by atoms with Crippen LogP contribution in [0.3, 0.4) is 0 Å². The van der Waals surface area contributed by atoms with E-state index in [0.717, 1.165) is 18.5 Å². The van der Waals surface area contributed by atoms with Crippen molar-refractivity contribution in [1.82, 2.24) is 5.32 Å². The molecule has 2 heteroatoms. The van der Waals surface area contributed by atoms with E-state index in [-0.39, 0.29) is 11.4 Å². The van der Waals surface area contributed by atoms with Crippen LogP contribution >= 0.6 is 0 Å². The van der Waals surface area contributed by atoms with Crippen molar-refractivity contribution in [3.63, 3.8) is 0 Å². The SMILES string of the molecule is Cc1ccc(F)cc1C1(C)CCCCCN1. The van der Waals surface area contributed by atoms with Crippen molar-refractivity contribution in [3.05, 3.63) is 35.1 Å². The topological polar surface area (TPSA) is 12.0 Å². The van der Waals surface area contributed by atoms with E-state index >= 15 is 0 Å². The van der Waals surface area contributed by atoms with Crippen molar-refractivity contribution in [2.75, 3.05) is 6.54 Å². The van der Waals surface area contributed by atoms with Gasteiger partial charge in [0.15, 0.2) is 0 Å². The molecule has 2 rings (SSSR count). The minimum absolute atomic E-state index is 0.0529. The summed E-state index contributed by atoms with van der Waals surface area (Å²) in [5.74, 6) is -0.132. The van der Waals surface area contributed by atoms with Crippen molar-refractivity contribution in [2.45, 2.75) is 45.1 Å². The predicted molar refractivity (Wildman–Crippen MR) is 65.0 cm³/mol. The van der Waals surface area contributed by atoms with E-state index in [2.05, 4.69) is 19.2 Å². The minimum Gasteiger partial charge on any atom is -0.308 e. The van der Waals surface area contributed by atoms with Crippen LogP contribution in [0.5, 0.6) is 0 Å². The summed E-state index contributed by atoms with van der Waals surface area (Å²) in [6, 6.07) is 5.11. The van der Waals surface area contributed by atoms with Crippen LogP contribution in [0.1, 0.15) is 43.7 Å². The van der Waals surface area contributed by atoms with Gasteiger partial charge in [-0.3, -0.25) is 0 Å². The maximum absolute atomic E-state index is 13.3. The lowest BCUT2D eigenvalue weighted by Gasteiger charge is -2.31.